The first kappa shape index (κ1) is 10.6. The van der Waals surface area contributed by atoms with Crippen LogP contribution < -0.4 is 10.5 Å². The molecule has 82 valence electrons. The molecule has 2 rings (SSSR count). The molecule has 4 nitrogen and oxygen atoms in total. The van der Waals surface area contributed by atoms with Crippen molar-refractivity contribution < 1.29 is 4.74 Å². The molecule has 0 unspecified atom stereocenters. The van der Waals surface area contributed by atoms with Crippen LogP contribution in [0.2, 0.25) is 0 Å². The van der Waals surface area contributed by atoms with Gasteiger partial charge in [-0.1, -0.05) is 12.1 Å². The van der Waals surface area contributed by atoms with Gasteiger partial charge in [0.2, 0.25) is 0 Å². The average molecular weight is 215 g/mol. The zero-order chi connectivity index (χ0) is 11.2. The van der Waals surface area contributed by atoms with Gasteiger partial charge in [0.25, 0.3) is 0 Å². The number of benzene rings is 1. The number of rotatable bonds is 4. The first-order chi connectivity index (χ1) is 7.88. The van der Waals surface area contributed by atoms with Crippen LogP contribution in [0.15, 0.2) is 42.9 Å². The highest BCUT2D eigenvalue weighted by Gasteiger charge is 1.97. The SMILES string of the molecule is NCc1cccc(OCc2cnccn2)c1. The van der Waals surface area contributed by atoms with Crippen molar-refractivity contribution in [3.8, 4) is 5.75 Å². The molecule has 0 saturated carbocycles. The minimum absolute atomic E-state index is 0.419. The lowest BCUT2D eigenvalue weighted by Gasteiger charge is -2.06. The highest BCUT2D eigenvalue weighted by atomic mass is 16.5. The maximum absolute atomic E-state index is 5.58. The van der Waals surface area contributed by atoms with Crippen molar-refractivity contribution >= 4 is 0 Å². The third-order valence-corrected chi connectivity index (χ3v) is 2.14. The van der Waals surface area contributed by atoms with Gasteiger partial charge in [0.1, 0.15) is 12.4 Å². The molecule has 0 atom stereocenters. The fourth-order valence-electron chi connectivity index (χ4n) is 1.32. The molecule has 0 aliphatic carbocycles. The lowest BCUT2D eigenvalue weighted by Crippen LogP contribution is -2.00. The number of nitrogens with two attached hydrogens (primary N) is 1. The maximum Gasteiger partial charge on any atom is 0.132 e. The minimum Gasteiger partial charge on any atom is -0.487 e. The van der Waals surface area contributed by atoms with Gasteiger partial charge in [-0.25, -0.2) is 0 Å². The van der Waals surface area contributed by atoms with E-state index in [0.717, 1.165) is 17.0 Å². The van der Waals surface area contributed by atoms with Crippen molar-refractivity contribution in [2.45, 2.75) is 13.2 Å². The molecule has 2 aromatic rings. The molecule has 4 heteroatoms. The number of aromatic nitrogens is 2. The van der Waals surface area contributed by atoms with Gasteiger partial charge >= 0.3 is 0 Å². The smallest absolute Gasteiger partial charge is 0.132 e. The predicted octanol–water partition coefficient (Wildman–Crippen LogP) is 1.51. The lowest BCUT2D eigenvalue weighted by atomic mass is 10.2. The first-order valence-corrected chi connectivity index (χ1v) is 5.05. The Kier molecular flexibility index (Phi) is 3.46. The third-order valence-electron chi connectivity index (χ3n) is 2.14. The molecule has 0 radical (unpaired) electrons. The molecule has 0 spiro atoms. The molecule has 1 aromatic carbocycles. The van der Waals surface area contributed by atoms with Crippen LogP contribution in [-0.4, -0.2) is 9.97 Å². The standard InChI is InChI=1S/C12H13N3O/c13-7-10-2-1-3-12(6-10)16-9-11-8-14-4-5-15-11/h1-6,8H,7,9,13H2. The van der Waals surface area contributed by atoms with Crippen molar-refractivity contribution in [2.75, 3.05) is 0 Å². The summed E-state index contributed by atoms with van der Waals surface area (Å²) in [5.41, 5.74) is 7.41. The molecule has 2 N–H and O–H groups in total. The van der Waals surface area contributed by atoms with Gasteiger partial charge in [-0.2, -0.15) is 0 Å². The van der Waals surface area contributed by atoms with E-state index in [4.69, 9.17) is 10.5 Å². The van der Waals surface area contributed by atoms with Crippen LogP contribution in [0.5, 0.6) is 5.75 Å². The second kappa shape index (κ2) is 5.23. The number of nitrogens with zero attached hydrogens (tertiary/aromatic N) is 2. The van der Waals surface area contributed by atoms with Crippen LogP contribution >= 0.6 is 0 Å². The molecule has 0 aliphatic rings. The van der Waals surface area contributed by atoms with Crippen molar-refractivity contribution in [3.05, 3.63) is 54.1 Å². The van der Waals surface area contributed by atoms with Crippen LogP contribution in [0.25, 0.3) is 0 Å². The van der Waals surface area contributed by atoms with E-state index in [1.54, 1.807) is 18.6 Å². The first-order valence-electron chi connectivity index (χ1n) is 5.05. The Hall–Kier alpha value is -1.94. The fraction of sp³-hybridized carbons (Fsp3) is 0.167. The van der Waals surface area contributed by atoms with E-state index in [1.807, 2.05) is 24.3 Å². The topological polar surface area (TPSA) is 61.0 Å². The Morgan fingerprint density at radius 1 is 1.25 bits per heavy atom. The summed E-state index contributed by atoms with van der Waals surface area (Å²) in [4.78, 5) is 8.09. The van der Waals surface area contributed by atoms with Gasteiger partial charge in [-0.15, -0.1) is 0 Å². The Morgan fingerprint density at radius 3 is 2.94 bits per heavy atom. The Labute approximate surface area is 94.1 Å². The number of hydrogen-bond acceptors (Lipinski definition) is 4. The summed E-state index contributed by atoms with van der Waals surface area (Å²) in [5, 5.41) is 0. The summed E-state index contributed by atoms with van der Waals surface area (Å²) >= 11 is 0. The molecule has 0 aliphatic heterocycles. The van der Waals surface area contributed by atoms with E-state index in [1.165, 1.54) is 0 Å². The molecule has 0 fully saturated rings. The van der Waals surface area contributed by atoms with Crippen LogP contribution in [-0.2, 0) is 13.2 Å². The van der Waals surface area contributed by atoms with E-state index >= 15 is 0 Å². The summed E-state index contributed by atoms with van der Waals surface area (Å²) in [5.74, 6) is 0.800. The number of hydrogen-bond donors (Lipinski definition) is 1. The van der Waals surface area contributed by atoms with Gasteiger partial charge in [0.15, 0.2) is 0 Å². The van der Waals surface area contributed by atoms with Crippen molar-refractivity contribution in [1.29, 1.82) is 0 Å². The van der Waals surface area contributed by atoms with Crippen LogP contribution in [0, 0.1) is 0 Å². The summed E-state index contributed by atoms with van der Waals surface area (Å²) in [6.07, 6.45) is 4.97. The second-order valence-electron chi connectivity index (χ2n) is 3.34. The molecular weight excluding hydrogens is 202 g/mol. The fourth-order valence-corrected chi connectivity index (χ4v) is 1.32. The number of ether oxygens (including phenoxy) is 1. The van der Waals surface area contributed by atoms with E-state index in [0.29, 0.717) is 13.2 Å². The molecule has 0 bridgehead atoms. The second-order valence-corrected chi connectivity index (χ2v) is 3.34. The van der Waals surface area contributed by atoms with Crippen LogP contribution in [0.4, 0.5) is 0 Å². The lowest BCUT2D eigenvalue weighted by molar-refractivity contribution is 0.300. The van der Waals surface area contributed by atoms with Gasteiger partial charge in [-0.3, -0.25) is 9.97 Å². The van der Waals surface area contributed by atoms with Crippen molar-refractivity contribution in [2.24, 2.45) is 5.73 Å². The van der Waals surface area contributed by atoms with E-state index in [9.17, 15) is 0 Å². The maximum atomic E-state index is 5.58. The monoisotopic (exact) mass is 215 g/mol. The predicted molar refractivity (Wildman–Crippen MR) is 60.7 cm³/mol. The Balaban J connectivity index is 1.99. The van der Waals surface area contributed by atoms with Gasteiger partial charge in [0.05, 0.1) is 11.9 Å². The zero-order valence-electron chi connectivity index (χ0n) is 8.84. The van der Waals surface area contributed by atoms with Crippen LogP contribution in [0.3, 0.4) is 0 Å². The van der Waals surface area contributed by atoms with E-state index < -0.39 is 0 Å². The minimum atomic E-state index is 0.419. The van der Waals surface area contributed by atoms with Gasteiger partial charge in [-0.05, 0) is 17.7 Å². The quantitative estimate of drug-likeness (QED) is 0.839. The molecule has 1 heterocycles. The highest BCUT2D eigenvalue weighted by molar-refractivity contribution is 5.28. The summed E-state index contributed by atoms with van der Waals surface area (Å²) in [7, 11) is 0. The van der Waals surface area contributed by atoms with Crippen LogP contribution in [0.1, 0.15) is 11.3 Å². The van der Waals surface area contributed by atoms with Crippen molar-refractivity contribution in [3.63, 3.8) is 0 Å². The van der Waals surface area contributed by atoms with Gasteiger partial charge < -0.3 is 10.5 Å². The molecular formula is C12H13N3O. The summed E-state index contributed by atoms with van der Waals surface area (Å²) in [6, 6.07) is 7.72. The summed E-state index contributed by atoms with van der Waals surface area (Å²) < 4.78 is 5.58. The molecule has 0 amide bonds. The Bertz CT molecular complexity index is 445. The zero-order valence-corrected chi connectivity index (χ0v) is 8.84. The third kappa shape index (κ3) is 2.77. The van der Waals surface area contributed by atoms with E-state index in [-0.39, 0.29) is 0 Å². The van der Waals surface area contributed by atoms with Crippen molar-refractivity contribution in [1.82, 2.24) is 9.97 Å². The molecule has 0 saturated heterocycles. The van der Waals surface area contributed by atoms with E-state index in [2.05, 4.69) is 9.97 Å². The normalized spacial score (nSPS) is 10.1. The Morgan fingerprint density at radius 2 is 2.19 bits per heavy atom. The average Bonchev–Trinajstić information content (AvgIpc) is 2.38. The summed E-state index contributed by atoms with van der Waals surface area (Å²) in [6.45, 7) is 0.935. The highest BCUT2D eigenvalue weighted by Crippen LogP contribution is 2.13. The van der Waals surface area contributed by atoms with Gasteiger partial charge in [0, 0.05) is 18.9 Å². The molecule has 1 aromatic heterocycles. The molecule has 16 heavy (non-hydrogen) atoms. The largest absolute Gasteiger partial charge is 0.487 e.